The number of rotatable bonds is 7. The Morgan fingerprint density at radius 3 is 2.60 bits per heavy atom. The van der Waals surface area contributed by atoms with Crippen molar-refractivity contribution in [2.45, 2.75) is 19.3 Å². The summed E-state index contributed by atoms with van der Waals surface area (Å²) in [7, 11) is 1.54. The lowest BCUT2D eigenvalue weighted by molar-refractivity contribution is -0.119. The van der Waals surface area contributed by atoms with E-state index in [4.69, 9.17) is 21.7 Å². The molecule has 0 bridgehead atoms. The summed E-state index contributed by atoms with van der Waals surface area (Å²) >= 11 is 6.51. The van der Waals surface area contributed by atoms with Crippen molar-refractivity contribution in [3.05, 3.63) is 77.1 Å². The van der Waals surface area contributed by atoms with Crippen LogP contribution in [0.15, 0.2) is 60.8 Å². The van der Waals surface area contributed by atoms with E-state index in [1.54, 1.807) is 36.5 Å². The third kappa shape index (κ3) is 6.67. The van der Waals surface area contributed by atoms with E-state index in [1.165, 1.54) is 30.6 Å². The Morgan fingerprint density at radius 1 is 1.07 bits per heavy atom. The number of likely N-dealkylation sites (tertiary alicyclic amines) is 1. The number of thiocarbonyl (C=S) groups is 1. The normalized spacial score (nSPS) is 12.5. The van der Waals surface area contributed by atoms with E-state index < -0.39 is 5.82 Å². The number of ether oxygens (including phenoxy) is 2. The van der Waals surface area contributed by atoms with E-state index in [0.717, 1.165) is 31.5 Å². The molecule has 1 fully saturated rings. The number of anilines is 1. The Hall–Kier alpha value is -3.80. The predicted octanol–water partition coefficient (Wildman–Crippen LogP) is 5.95. The van der Waals surface area contributed by atoms with Crippen LogP contribution in [0.3, 0.4) is 0 Å². The fourth-order valence-corrected chi connectivity index (χ4v) is 5.58. The fourth-order valence-electron chi connectivity index (χ4n) is 4.31. The van der Waals surface area contributed by atoms with Gasteiger partial charge in [0.25, 0.3) is 5.91 Å². The highest BCUT2D eigenvalue weighted by Gasteiger charge is 2.23. The first kappa shape index (κ1) is 29.2. The summed E-state index contributed by atoms with van der Waals surface area (Å²) in [6, 6.07) is 14.9. The van der Waals surface area contributed by atoms with Crippen LogP contribution < -0.4 is 20.1 Å². The highest BCUT2D eigenvalue weighted by molar-refractivity contribution is 7.80. The number of nitrogens with zero attached hydrogens (tertiary/aromatic N) is 2. The van der Waals surface area contributed by atoms with E-state index in [9.17, 15) is 14.0 Å². The number of nitrogens with one attached hydrogen (secondary N) is 2. The molecule has 8 nitrogen and oxygen atoms in total. The molecule has 0 saturated carbocycles. The van der Waals surface area contributed by atoms with Gasteiger partial charge in [0, 0.05) is 42.7 Å². The average Bonchev–Trinajstić information content (AvgIpc) is 3.61. The topological polar surface area (TPSA) is 92.8 Å². The van der Waals surface area contributed by atoms with Gasteiger partial charge >= 0.3 is 0 Å². The Balaban J connectivity index is 0.00000370. The molecule has 3 heterocycles. The molecular formula is C28H26ClFN4O4S2. The number of hydrogen-bond acceptors (Lipinski definition) is 7. The standard InChI is InChI=1S/C28H25FN4O4S2.ClH/c1-36-21-7-3-2-6-17(21)14-25(34)32-28(38)31-18-8-9-22(19(29)15-18)37-23-10-11-30-20-16-24(39-26(20)23)27(35)33-12-4-5-13-33;/h2-3,6-11,15-16H,4-5,12-14H2,1H3,(H2,31,32,34,38);1H. The number of aromatic nitrogens is 1. The van der Waals surface area contributed by atoms with Crippen LogP contribution in [0.4, 0.5) is 10.1 Å². The van der Waals surface area contributed by atoms with Gasteiger partial charge in [0.15, 0.2) is 16.7 Å². The second-order valence-corrected chi connectivity index (χ2v) is 10.3. The van der Waals surface area contributed by atoms with Gasteiger partial charge in [-0.1, -0.05) is 18.2 Å². The molecule has 5 rings (SSSR count). The molecule has 2 aromatic heterocycles. The van der Waals surface area contributed by atoms with Gasteiger partial charge in [-0.2, -0.15) is 0 Å². The molecule has 2 aromatic carbocycles. The number of pyridine rings is 1. The molecule has 0 radical (unpaired) electrons. The van der Waals surface area contributed by atoms with Crippen molar-refractivity contribution in [3.8, 4) is 17.2 Å². The van der Waals surface area contributed by atoms with Crippen LogP contribution in [0.2, 0.25) is 0 Å². The molecule has 4 aromatic rings. The van der Waals surface area contributed by atoms with Crippen LogP contribution in [0.1, 0.15) is 28.1 Å². The number of methoxy groups -OCH3 is 1. The van der Waals surface area contributed by atoms with Gasteiger partial charge in [0.2, 0.25) is 5.91 Å². The van der Waals surface area contributed by atoms with Crippen molar-refractivity contribution >= 4 is 68.8 Å². The third-order valence-electron chi connectivity index (χ3n) is 6.19. The van der Waals surface area contributed by atoms with Gasteiger partial charge in [-0.05, 0) is 49.3 Å². The fraction of sp³-hybridized carbons (Fsp3) is 0.214. The summed E-state index contributed by atoms with van der Waals surface area (Å²) in [6.45, 7) is 1.51. The van der Waals surface area contributed by atoms with Crippen molar-refractivity contribution in [1.29, 1.82) is 0 Å². The molecule has 0 spiro atoms. The molecule has 40 heavy (non-hydrogen) atoms. The zero-order valence-electron chi connectivity index (χ0n) is 21.4. The monoisotopic (exact) mass is 600 g/mol. The summed E-state index contributed by atoms with van der Waals surface area (Å²) in [5, 5.41) is 5.44. The van der Waals surface area contributed by atoms with Gasteiger partial charge in [0.1, 0.15) is 11.5 Å². The second-order valence-electron chi connectivity index (χ2n) is 8.87. The molecule has 12 heteroatoms. The number of para-hydroxylation sites is 1. The lowest BCUT2D eigenvalue weighted by Gasteiger charge is -2.13. The van der Waals surface area contributed by atoms with Gasteiger partial charge in [0.05, 0.1) is 28.6 Å². The highest BCUT2D eigenvalue weighted by atomic mass is 35.5. The van der Waals surface area contributed by atoms with E-state index in [1.807, 2.05) is 17.0 Å². The minimum Gasteiger partial charge on any atom is -0.496 e. The molecular weight excluding hydrogens is 575 g/mol. The number of carbonyl (C=O) groups is 2. The van der Waals surface area contributed by atoms with E-state index >= 15 is 0 Å². The van der Waals surface area contributed by atoms with Crippen molar-refractivity contribution in [3.63, 3.8) is 0 Å². The molecule has 1 aliphatic heterocycles. The van der Waals surface area contributed by atoms with Crippen molar-refractivity contribution in [2.75, 3.05) is 25.5 Å². The minimum absolute atomic E-state index is 0. The SMILES string of the molecule is COc1ccccc1CC(=O)NC(=S)Nc1ccc(Oc2ccnc3cc(C(=O)N4CCCC4)sc23)c(F)c1.Cl. The van der Waals surface area contributed by atoms with Crippen LogP contribution in [-0.4, -0.2) is 47.0 Å². The van der Waals surface area contributed by atoms with E-state index in [2.05, 4.69) is 15.6 Å². The number of benzene rings is 2. The maximum atomic E-state index is 15.0. The van der Waals surface area contributed by atoms with Crippen molar-refractivity contribution < 1.29 is 23.5 Å². The molecule has 0 unspecified atom stereocenters. The summed E-state index contributed by atoms with van der Waals surface area (Å²) in [5.74, 6) is 0.0292. The molecule has 208 valence electrons. The van der Waals surface area contributed by atoms with Crippen molar-refractivity contribution in [1.82, 2.24) is 15.2 Å². The number of amides is 2. The zero-order chi connectivity index (χ0) is 27.4. The summed E-state index contributed by atoms with van der Waals surface area (Å²) in [6.07, 6.45) is 3.65. The Kier molecular flexibility index (Phi) is 9.51. The van der Waals surface area contributed by atoms with Gasteiger partial charge < -0.3 is 25.0 Å². The van der Waals surface area contributed by atoms with Crippen LogP contribution in [0, 0.1) is 5.82 Å². The van der Waals surface area contributed by atoms with E-state index in [-0.39, 0.29) is 41.5 Å². The quantitative estimate of drug-likeness (QED) is 0.253. The minimum atomic E-state index is -0.627. The first-order chi connectivity index (χ1) is 18.9. The molecule has 1 saturated heterocycles. The molecule has 1 aliphatic rings. The van der Waals surface area contributed by atoms with Crippen molar-refractivity contribution in [2.24, 2.45) is 0 Å². The van der Waals surface area contributed by atoms with Crippen LogP contribution in [0.25, 0.3) is 10.2 Å². The predicted molar refractivity (Wildman–Crippen MR) is 160 cm³/mol. The molecule has 0 atom stereocenters. The number of thiophene rings is 1. The zero-order valence-corrected chi connectivity index (χ0v) is 23.9. The number of carbonyl (C=O) groups excluding carboxylic acids is 2. The maximum absolute atomic E-state index is 15.0. The second kappa shape index (κ2) is 13.0. The first-order valence-electron chi connectivity index (χ1n) is 12.3. The lowest BCUT2D eigenvalue weighted by atomic mass is 10.1. The number of hydrogen-bond donors (Lipinski definition) is 2. The van der Waals surface area contributed by atoms with Gasteiger partial charge in [-0.3, -0.25) is 14.6 Å². The molecule has 2 N–H and O–H groups in total. The Bertz CT molecular complexity index is 1560. The van der Waals surface area contributed by atoms with Crippen LogP contribution in [-0.2, 0) is 11.2 Å². The van der Waals surface area contributed by atoms with Crippen LogP contribution >= 0.6 is 36.0 Å². The Labute approximate surface area is 245 Å². The third-order valence-corrected chi connectivity index (χ3v) is 7.52. The number of halogens is 2. The first-order valence-corrected chi connectivity index (χ1v) is 13.5. The summed E-state index contributed by atoms with van der Waals surface area (Å²) in [4.78, 5) is 32.0. The van der Waals surface area contributed by atoms with E-state index in [0.29, 0.717) is 32.3 Å². The highest BCUT2D eigenvalue weighted by Crippen LogP contribution is 2.36. The summed E-state index contributed by atoms with van der Waals surface area (Å²) < 4.78 is 26.8. The maximum Gasteiger partial charge on any atom is 0.264 e. The average molecular weight is 601 g/mol. The summed E-state index contributed by atoms with van der Waals surface area (Å²) in [5.41, 5.74) is 1.68. The smallest absolute Gasteiger partial charge is 0.264 e. The van der Waals surface area contributed by atoms with Gasteiger partial charge in [-0.15, -0.1) is 23.7 Å². The molecule has 0 aliphatic carbocycles. The molecule has 2 amide bonds. The number of fused-ring (bicyclic) bond motifs is 1. The Morgan fingerprint density at radius 2 is 1.85 bits per heavy atom. The van der Waals surface area contributed by atoms with Gasteiger partial charge in [-0.25, -0.2) is 4.39 Å². The van der Waals surface area contributed by atoms with Crippen LogP contribution in [0.5, 0.6) is 17.2 Å². The lowest BCUT2D eigenvalue weighted by Crippen LogP contribution is -2.35. The largest absolute Gasteiger partial charge is 0.496 e.